The monoisotopic (exact) mass is 253 g/mol. The molecule has 0 spiro atoms. The molecule has 2 aromatic heterocycles. The molecule has 2 aromatic rings. The first kappa shape index (κ1) is 9.36. The molecule has 0 bridgehead atoms. The molecule has 2 N–H and O–H groups in total. The molecule has 0 saturated carbocycles. The first-order valence-electron chi connectivity index (χ1n) is 4.07. The van der Waals surface area contributed by atoms with Crippen molar-refractivity contribution in [2.75, 3.05) is 0 Å². The lowest BCUT2D eigenvalue weighted by atomic mass is 10.2. The van der Waals surface area contributed by atoms with Crippen LogP contribution in [0, 0.1) is 0 Å². The van der Waals surface area contributed by atoms with Crippen LogP contribution >= 0.6 is 15.9 Å². The average molecular weight is 254 g/mol. The van der Waals surface area contributed by atoms with E-state index in [4.69, 9.17) is 5.11 Å². The quantitative estimate of drug-likeness (QED) is 0.857. The van der Waals surface area contributed by atoms with Crippen LogP contribution in [0.4, 0.5) is 0 Å². The Morgan fingerprint density at radius 2 is 2.07 bits per heavy atom. The Labute approximate surface area is 89.2 Å². The third-order valence-electron chi connectivity index (χ3n) is 1.84. The Hall–Kier alpha value is -1.20. The second-order valence-corrected chi connectivity index (χ2v) is 3.50. The van der Waals surface area contributed by atoms with Gasteiger partial charge in [0.25, 0.3) is 0 Å². The summed E-state index contributed by atoms with van der Waals surface area (Å²) in [5.41, 5.74) is 1.62. The van der Waals surface area contributed by atoms with E-state index in [1.165, 1.54) is 0 Å². The summed E-state index contributed by atoms with van der Waals surface area (Å²) in [5, 5.41) is 8.97. The van der Waals surface area contributed by atoms with Gasteiger partial charge < -0.3 is 10.1 Å². The molecule has 0 amide bonds. The van der Waals surface area contributed by atoms with Gasteiger partial charge in [-0.3, -0.25) is 4.98 Å². The lowest BCUT2D eigenvalue weighted by Gasteiger charge is -1.93. The van der Waals surface area contributed by atoms with Crippen molar-refractivity contribution in [1.29, 1.82) is 0 Å². The lowest BCUT2D eigenvalue weighted by molar-refractivity contribution is 0.276. The molecule has 0 saturated heterocycles. The van der Waals surface area contributed by atoms with Gasteiger partial charge in [-0.2, -0.15) is 0 Å². The highest BCUT2D eigenvalue weighted by atomic mass is 79.9. The zero-order valence-corrected chi connectivity index (χ0v) is 8.82. The smallest absolute Gasteiger partial charge is 0.139 e. The number of aromatic nitrogens is 3. The van der Waals surface area contributed by atoms with Crippen molar-refractivity contribution in [2.45, 2.75) is 6.61 Å². The predicted molar refractivity (Wildman–Crippen MR) is 55.4 cm³/mol. The summed E-state index contributed by atoms with van der Waals surface area (Å²) in [7, 11) is 0. The van der Waals surface area contributed by atoms with Gasteiger partial charge >= 0.3 is 0 Å². The van der Waals surface area contributed by atoms with Crippen LogP contribution < -0.4 is 0 Å². The molecule has 0 atom stereocenters. The molecule has 0 aliphatic rings. The van der Waals surface area contributed by atoms with Gasteiger partial charge in [-0.05, 0) is 28.1 Å². The molecular weight excluding hydrogens is 246 g/mol. The highest BCUT2D eigenvalue weighted by molar-refractivity contribution is 9.10. The summed E-state index contributed by atoms with van der Waals surface area (Å²) in [6, 6.07) is 3.71. The number of aliphatic hydroxyl groups excluding tert-OH is 1. The topological polar surface area (TPSA) is 61.8 Å². The highest BCUT2D eigenvalue weighted by Gasteiger charge is 2.07. The SMILES string of the molecule is OCc1[nH]c(-c2ccncc2)nc1Br. The van der Waals surface area contributed by atoms with Crippen molar-refractivity contribution in [3.05, 3.63) is 34.8 Å². The number of halogens is 1. The van der Waals surface area contributed by atoms with Gasteiger partial charge in [0.1, 0.15) is 10.4 Å². The summed E-state index contributed by atoms with van der Waals surface area (Å²) in [6.45, 7) is -0.0569. The average Bonchev–Trinajstić information content (AvgIpc) is 2.61. The molecule has 2 rings (SSSR count). The van der Waals surface area contributed by atoms with Crippen molar-refractivity contribution < 1.29 is 5.11 Å². The molecule has 0 radical (unpaired) electrons. The zero-order chi connectivity index (χ0) is 9.97. The van der Waals surface area contributed by atoms with Crippen molar-refractivity contribution in [2.24, 2.45) is 0 Å². The Bertz CT molecular complexity index is 427. The number of aromatic amines is 1. The Morgan fingerprint density at radius 1 is 1.36 bits per heavy atom. The van der Waals surface area contributed by atoms with E-state index in [1.54, 1.807) is 12.4 Å². The Kier molecular flexibility index (Phi) is 2.60. The molecule has 72 valence electrons. The van der Waals surface area contributed by atoms with Crippen LogP contribution in [0.3, 0.4) is 0 Å². The van der Waals surface area contributed by atoms with Gasteiger partial charge in [-0.15, -0.1) is 0 Å². The fourth-order valence-electron chi connectivity index (χ4n) is 1.14. The molecule has 14 heavy (non-hydrogen) atoms. The minimum Gasteiger partial charge on any atom is -0.390 e. The number of aliphatic hydroxyl groups is 1. The molecule has 2 heterocycles. The van der Waals surface area contributed by atoms with Crippen molar-refractivity contribution in [3.63, 3.8) is 0 Å². The third kappa shape index (κ3) is 1.69. The largest absolute Gasteiger partial charge is 0.390 e. The molecule has 0 aromatic carbocycles. The molecule has 0 aliphatic carbocycles. The van der Waals surface area contributed by atoms with Crippen LogP contribution in [0.5, 0.6) is 0 Å². The second-order valence-electron chi connectivity index (χ2n) is 2.75. The van der Waals surface area contributed by atoms with E-state index in [9.17, 15) is 0 Å². The first-order chi connectivity index (χ1) is 6.81. The molecule has 5 heteroatoms. The van der Waals surface area contributed by atoms with Gasteiger partial charge in [0, 0.05) is 18.0 Å². The molecular formula is C9H8BrN3O. The van der Waals surface area contributed by atoms with Crippen LogP contribution in [0.25, 0.3) is 11.4 Å². The van der Waals surface area contributed by atoms with E-state index in [1.807, 2.05) is 12.1 Å². The Morgan fingerprint density at radius 3 is 2.64 bits per heavy atom. The maximum atomic E-state index is 8.97. The highest BCUT2D eigenvalue weighted by Crippen LogP contribution is 2.20. The summed E-state index contributed by atoms with van der Waals surface area (Å²) in [5.74, 6) is 0.725. The predicted octanol–water partition coefficient (Wildman–Crippen LogP) is 1.73. The fraction of sp³-hybridized carbons (Fsp3) is 0.111. The molecule has 4 nitrogen and oxygen atoms in total. The van der Waals surface area contributed by atoms with E-state index in [0.29, 0.717) is 10.3 Å². The molecule has 0 unspecified atom stereocenters. The van der Waals surface area contributed by atoms with Crippen LogP contribution in [0.1, 0.15) is 5.69 Å². The van der Waals surface area contributed by atoms with E-state index < -0.39 is 0 Å². The molecule has 0 aliphatic heterocycles. The van der Waals surface area contributed by atoms with Crippen LogP contribution in [0.15, 0.2) is 29.1 Å². The number of pyridine rings is 1. The van der Waals surface area contributed by atoms with Gasteiger partial charge in [0.2, 0.25) is 0 Å². The minimum atomic E-state index is -0.0569. The van der Waals surface area contributed by atoms with E-state index in [0.717, 1.165) is 11.4 Å². The summed E-state index contributed by atoms with van der Waals surface area (Å²) in [6.07, 6.45) is 3.40. The van der Waals surface area contributed by atoms with Gasteiger partial charge in [-0.1, -0.05) is 0 Å². The fourth-order valence-corrected chi connectivity index (χ4v) is 1.54. The van der Waals surface area contributed by atoms with E-state index in [-0.39, 0.29) is 6.61 Å². The van der Waals surface area contributed by atoms with Crippen molar-refractivity contribution in [1.82, 2.24) is 15.0 Å². The number of hydrogen-bond donors (Lipinski definition) is 2. The lowest BCUT2D eigenvalue weighted by Crippen LogP contribution is -1.84. The standard InChI is InChI=1S/C9H8BrN3O/c10-8-7(5-14)12-9(13-8)6-1-3-11-4-2-6/h1-4,14H,5H2,(H,12,13). The van der Waals surface area contributed by atoms with Crippen LogP contribution in [-0.2, 0) is 6.61 Å². The zero-order valence-electron chi connectivity index (χ0n) is 7.24. The van der Waals surface area contributed by atoms with Crippen LogP contribution in [0.2, 0.25) is 0 Å². The number of nitrogens with zero attached hydrogens (tertiary/aromatic N) is 2. The summed E-state index contributed by atoms with van der Waals surface area (Å²) >= 11 is 3.26. The number of imidazole rings is 1. The van der Waals surface area contributed by atoms with Gasteiger partial charge in [0.05, 0.1) is 12.3 Å². The van der Waals surface area contributed by atoms with Crippen LogP contribution in [-0.4, -0.2) is 20.1 Å². The minimum absolute atomic E-state index is 0.0569. The number of rotatable bonds is 2. The van der Waals surface area contributed by atoms with Crippen molar-refractivity contribution >= 4 is 15.9 Å². The number of H-pyrrole nitrogens is 1. The normalized spacial score (nSPS) is 10.4. The van der Waals surface area contributed by atoms with Crippen molar-refractivity contribution in [3.8, 4) is 11.4 Å². The van der Waals surface area contributed by atoms with Gasteiger partial charge in [0.15, 0.2) is 0 Å². The first-order valence-corrected chi connectivity index (χ1v) is 4.86. The van der Waals surface area contributed by atoms with E-state index in [2.05, 4.69) is 30.9 Å². The number of nitrogens with one attached hydrogen (secondary N) is 1. The van der Waals surface area contributed by atoms with E-state index >= 15 is 0 Å². The number of hydrogen-bond acceptors (Lipinski definition) is 3. The molecule has 0 fully saturated rings. The summed E-state index contributed by atoms with van der Waals surface area (Å²) < 4.78 is 0.645. The maximum Gasteiger partial charge on any atom is 0.139 e. The maximum absolute atomic E-state index is 8.97. The third-order valence-corrected chi connectivity index (χ3v) is 2.50. The Balaban J connectivity index is 2.43. The van der Waals surface area contributed by atoms with Gasteiger partial charge in [-0.25, -0.2) is 4.98 Å². The summed E-state index contributed by atoms with van der Waals surface area (Å²) in [4.78, 5) is 11.2. The second kappa shape index (κ2) is 3.89.